The molecule has 1 aromatic rings. The van der Waals surface area contributed by atoms with Gasteiger partial charge in [-0.15, -0.1) is 12.4 Å². The number of carbonyl (C=O) groups excluding carboxylic acids is 1. The Labute approximate surface area is 121 Å². The van der Waals surface area contributed by atoms with Gasteiger partial charge in [0.05, 0.1) is 0 Å². The number of rotatable bonds is 5. The third-order valence-corrected chi connectivity index (χ3v) is 3.45. The molecular formula is C15H23ClN2O. The molecule has 2 N–H and O–H groups in total. The van der Waals surface area contributed by atoms with Crippen LogP contribution in [0.1, 0.15) is 36.8 Å². The molecule has 1 fully saturated rings. The van der Waals surface area contributed by atoms with Crippen molar-refractivity contribution in [2.75, 3.05) is 6.54 Å². The van der Waals surface area contributed by atoms with Gasteiger partial charge in [0.2, 0.25) is 5.91 Å². The highest BCUT2D eigenvalue weighted by molar-refractivity contribution is 5.85. The van der Waals surface area contributed by atoms with E-state index >= 15 is 0 Å². The van der Waals surface area contributed by atoms with Crippen LogP contribution >= 0.6 is 12.4 Å². The predicted molar refractivity (Wildman–Crippen MR) is 80.5 cm³/mol. The fourth-order valence-electron chi connectivity index (χ4n) is 2.42. The number of hydrogen-bond donors (Lipinski definition) is 2. The van der Waals surface area contributed by atoms with E-state index in [0.29, 0.717) is 19.0 Å². The van der Waals surface area contributed by atoms with Crippen molar-refractivity contribution < 1.29 is 4.79 Å². The van der Waals surface area contributed by atoms with Gasteiger partial charge in [0.15, 0.2) is 0 Å². The lowest BCUT2D eigenvalue weighted by atomic mass is 10.1. The molecule has 1 atom stereocenters. The Balaban J connectivity index is 0.00000180. The van der Waals surface area contributed by atoms with Gasteiger partial charge >= 0.3 is 0 Å². The maximum Gasteiger partial charge on any atom is 0.220 e. The molecule has 0 aromatic heterocycles. The van der Waals surface area contributed by atoms with Crippen LogP contribution in [0.25, 0.3) is 0 Å². The number of halogens is 1. The first-order valence-corrected chi connectivity index (χ1v) is 6.79. The minimum atomic E-state index is 0. The van der Waals surface area contributed by atoms with Gasteiger partial charge in [-0.05, 0) is 38.3 Å². The van der Waals surface area contributed by atoms with Crippen LogP contribution in [-0.4, -0.2) is 18.5 Å². The molecule has 1 amide bonds. The summed E-state index contributed by atoms with van der Waals surface area (Å²) in [5.74, 6) is 0.158. The summed E-state index contributed by atoms with van der Waals surface area (Å²) in [4.78, 5) is 11.7. The zero-order chi connectivity index (χ0) is 12.8. The molecular weight excluding hydrogens is 260 g/mol. The van der Waals surface area contributed by atoms with Crippen LogP contribution in [0.5, 0.6) is 0 Å². The Morgan fingerprint density at radius 2 is 2.32 bits per heavy atom. The van der Waals surface area contributed by atoms with Gasteiger partial charge in [-0.3, -0.25) is 4.79 Å². The van der Waals surface area contributed by atoms with Crippen molar-refractivity contribution in [3.05, 3.63) is 35.4 Å². The topological polar surface area (TPSA) is 41.1 Å². The average Bonchev–Trinajstić information content (AvgIpc) is 2.87. The van der Waals surface area contributed by atoms with Crippen LogP contribution in [0.2, 0.25) is 0 Å². The SMILES string of the molecule is Cc1cccc(CNC(=O)CCC2CCCN2)c1.Cl. The molecule has 0 radical (unpaired) electrons. The number of carbonyl (C=O) groups is 1. The maximum atomic E-state index is 11.7. The standard InChI is InChI=1S/C15H22N2O.ClH/c1-12-4-2-5-13(10-12)11-17-15(18)8-7-14-6-3-9-16-14;/h2,4-5,10,14,16H,3,6-9,11H2,1H3,(H,17,18);1H. The molecule has 1 unspecified atom stereocenters. The molecule has 19 heavy (non-hydrogen) atoms. The van der Waals surface area contributed by atoms with Crippen LogP contribution in [-0.2, 0) is 11.3 Å². The highest BCUT2D eigenvalue weighted by Crippen LogP contribution is 2.10. The fraction of sp³-hybridized carbons (Fsp3) is 0.533. The Morgan fingerprint density at radius 1 is 1.47 bits per heavy atom. The van der Waals surface area contributed by atoms with E-state index in [9.17, 15) is 4.79 Å². The first-order valence-electron chi connectivity index (χ1n) is 6.79. The third kappa shape index (κ3) is 5.62. The van der Waals surface area contributed by atoms with E-state index in [0.717, 1.165) is 13.0 Å². The van der Waals surface area contributed by atoms with E-state index in [-0.39, 0.29) is 18.3 Å². The Hall–Kier alpha value is -1.06. The van der Waals surface area contributed by atoms with Crippen molar-refractivity contribution in [3.8, 4) is 0 Å². The van der Waals surface area contributed by atoms with Gasteiger partial charge < -0.3 is 10.6 Å². The Morgan fingerprint density at radius 3 is 3.00 bits per heavy atom. The van der Waals surface area contributed by atoms with Crippen molar-refractivity contribution in [1.29, 1.82) is 0 Å². The summed E-state index contributed by atoms with van der Waals surface area (Å²) in [5.41, 5.74) is 2.40. The second-order valence-corrected chi connectivity index (χ2v) is 5.10. The smallest absolute Gasteiger partial charge is 0.220 e. The minimum Gasteiger partial charge on any atom is -0.352 e. The zero-order valence-corrected chi connectivity index (χ0v) is 12.3. The maximum absolute atomic E-state index is 11.7. The third-order valence-electron chi connectivity index (χ3n) is 3.45. The molecule has 1 aliphatic rings. The van der Waals surface area contributed by atoms with E-state index in [1.165, 1.54) is 24.0 Å². The second-order valence-electron chi connectivity index (χ2n) is 5.10. The van der Waals surface area contributed by atoms with Crippen LogP contribution in [0.3, 0.4) is 0 Å². The summed E-state index contributed by atoms with van der Waals surface area (Å²) in [6, 6.07) is 8.80. The molecule has 1 saturated heterocycles. The lowest BCUT2D eigenvalue weighted by Gasteiger charge is -2.10. The van der Waals surface area contributed by atoms with Gasteiger partial charge in [0.1, 0.15) is 0 Å². The van der Waals surface area contributed by atoms with Crippen molar-refractivity contribution in [3.63, 3.8) is 0 Å². The summed E-state index contributed by atoms with van der Waals surface area (Å²) in [6.45, 7) is 3.81. The quantitative estimate of drug-likeness (QED) is 0.871. The normalized spacial score (nSPS) is 17.8. The zero-order valence-electron chi connectivity index (χ0n) is 11.4. The summed E-state index contributed by atoms with van der Waals surface area (Å²) in [5, 5.41) is 6.40. The number of benzene rings is 1. The molecule has 0 bridgehead atoms. The van der Waals surface area contributed by atoms with Gasteiger partial charge in [-0.25, -0.2) is 0 Å². The van der Waals surface area contributed by atoms with E-state index in [1.54, 1.807) is 0 Å². The van der Waals surface area contributed by atoms with Crippen LogP contribution in [0, 0.1) is 6.92 Å². The molecule has 0 aliphatic carbocycles. The summed E-state index contributed by atoms with van der Waals surface area (Å²) in [7, 11) is 0. The molecule has 1 aliphatic heterocycles. The first kappa shape index (κ1) is 16.0. The van der Waals surface area contributed by atoms with Crippen LogP contribution < -0.4 is 10.6 Å². The molecule has 0 saturated carbocycles. The van der Waals surface area contributed by atoms with Crippen molar-refractivity contribution in [1.82, 2.24) is 10.6 Å². The highest BCUT2D eigenvalue weighted by atomic mass is 35.5. The molecule has 106 valence electrons. The van der Waals surface area contributed by atoms with Crippen molar-refractivity contribution in [2.24, 2.45) is 0 Å². The van der Waals surface area contributed by atoms with Gasteiger partial charge in [0, 0.05) is 19.0 Å². The molecule has 1 heterocycles. The van der Waals surface area contributed by atoms with Crippen LogP contribution in [0.15, 0.2) is 24.3 Å². The lowest BCUT2D eigenvalue weighted by molar-refractivity contribution is -0.121. The highest BCUT2D eigenvalue weighted by Gasteiger charge is 2.14. The minimum absolute atomic E-state index is 0. The molecule has 2 rings (SSSR count). The monoisotopic (exact) mass is 282 g/mol. The average molecular weight is 283 g/mol. The van der Waals surface area contributed by atoms with Crippen molar-refractivity contribution >= 4 is 18.3 Å². The van der Waals surface area contributed by atoms with Gasteiger partial charge in [-0.1, -0.05) is 29.8 Å². The predicted octanol–water partition coefficient (Wildman–Crippen LogP) is 2.57. The molecule has 0 spiro atoms. The number of hydrogen-bond acceptors (Lipinski definition) is 2. The Bertz CT molecular complexity index is 403. The molecule has 4 heteroatoms. The van der Waals surface area contributed by atoms with Gasteiger partial charge in [0.25, 0.3) is 0 Å². The van der Waals surface area contributed by atoms with E-state index in [4.69, 9.17) is 0 Å². The second kappa shape index (κ2) is 8.18. The fourth-order valence-corrected chi connectivity index (χ4v) is 2.42. The number of aryl methyl sites for hydroxylation is 1. The Kier molecular flexibility index (Phi) is 6.89. The summed E-state index contributed by atoms with van der Waals surface area (Å²) >= 11 is 0. The lowest BCUT2D eigenvalue weighted by Crippen LogP contribution is -2.27. The van der Waals surface area contributed by atoms with E-state index < -0.39 is 0 Å². The first-order chi connectivity index (χ1) is 8.74. The number of amides is 1. The molecule has 1 aromatic carbocycles. The van der Waals surface area contributed by atoms with Gasteiger partial charge in [-0.2, -0.15) is 0 Å². The van der Waals surface area contributed by atoms with Crippen molar-refractivity contribution in [2.45, 2.75) is 45.2 Å². The summed E-state index contributed by atoms with van der Waals surface area (Å²) in [6.07, 6.45) is 4.05. The van der Waals surface area contributed by atoms with E-state index in [1.807, 2.05) is 12.1 Å². The van der Waals surface area contributed by atoms with Crippen LogP contribution in [0.4, 0.5) is 0 Å². The summed E-state index contributed by atoms with van der Waals surface area (Å²) < 4.78 is 0. The largest absolute Gasteiger partial charge is 0.352 e. The number of nitrogens with one attached hydrogen (secondary N) is 2. The van der Waals surface area contributed by atoms with E-state index in [2.05, 4.69) is 29.7 Å². The molecule has 3 nitrogen and oxygen atoms in total.